The summed E-state index contributed by atoms with van der Waals surface area (Å²) in [6.45, 7) is 2.19. The van der Waals surface area contributed by atoms with Crippen molar-refractivity contribution in [3.63, 3.8) is 0 Å². The predicted octanol–water partition coefficient (Wildman–Crippen LogP) is 3.07. The average molecular weight is 250 g/mol. The van der Waals surface area contributed by atoms with Crippen molar-refractivity contribution in [3.8, 4) is 0 Å². The smallest absolute Gasteiger partial charge is 0.115 e. The molecule has 2 N–H and O–H groups in total. The SMILES string of the molecule is NC1(N2CCCC2)C=Cc2cccc3cccc1c23. The Morgan fingerprint density at radius 3 is 2.53 bits per heavy atom. The van der Waals surface area contributed by atoms with Gasteiger partial charge in [-0.3, -0.25) is 4.90 Å². The highest BCUT2D eigenvalue weighted by atomic mass is 15.3. The van der Waals surface area contributed by atoms with E-state index in [0.29, 0.717) is 0 Å². The Labute approximate surface area is 113 Å². The van der Waals surface area contributed by atoms with Gasteiger partial charge in [0.1, 0.15) is 5.66 Å². The minimum Gasteiger partial charge on any atom is -0.306 e. The molecule has 0 spiro atoms. The zero-order valence-electron chi connectivity index (χ0n) is 11.0. The average Bonchev–Trinajstić information content (AvgIpc) is 2.98. The molecule has 1 atom stereocenters. The van der Waals surface area contributed by atoms with Gasteiger partial charge in [-0.25, -0.2) is 0 Å². The number of nitrogens with two attached hydrogens (primary N) is 1. The van der Waals surface area contributed by atoms with Crippen molar-refractivity contribution in [2.45, 2.75) is 18.5 Å². The molecule has 1 heterocycles. The van der Waals surface area contributed by atoms with Crippen LogP contribution in [0.2, 0.25) is 0 Å². The second-order valence-electron chi connectivity index (χ2n) is 5.60. The Morgan fingerprint density at radius 1 is 1.00 bits per heavy atom. The summed E-state index contributed by atoms with van der Waals surface area (Å²) in [6, 6.07) is 12.9. The Morgan fingerprint density at radius 2 is 1.74 bits per heavy atom. The van der Waals surface area contributed by atoms with Gasteiger partial charge >= 0.3 is 0 Å². The molecule has 1 fully saturated rings. The first-order valence-corrected chi connectivity index (χ1v) is 7.04. The Balaban J connectivity index is 1.99. The minimum absolute atomic E-state index is 0.426. The van der Waals surface area contributed by atoms with Gasteiger partial charge in [0.25, 0.3) is 0 Å². The lowest BCUT2D eigenvalue weighted by molar-refractivity contribution is 0.175. The van der Waals surface area contributed by atoms with Crippen LogP contribution < -0.4 is 5.73 Å². The van der Waals surface area contributed by atoms with Crippen LogP contribution in [0.25, 0.3) is 16.8 Å². The van der Waals surface area contributed by atoms with Crippen LogP contribution in [0.15, 0.2) is 42.5 Å². The summed E-state index contributed by atoms with van der Waals surface area (Å²) in [6.07, 6.45) is 6.87. The van der Waals surface area contributed by atoms with E-state index in [0.717, 1.165) is 13.1 Å². The Kier molecular flexibility index (Phi) is 2.32. The van der Waals surface area contributed by atoms with Gasteiger partial charge in [0.2, 0.25) is 0 Å². The van der Waals surface area contributed by atoms with Crippen molar-refractivity contribution in [1.82, 2.24) is 4.90 Å². The first-order chi connectivity index (χ1) is 9.29. The van der Waals surface area contributed by atoms with Gasteiger partial charge in [0.05, 0.1) is 0 Å². The Hall–Kier alpha value is -1.64. The van der Waals surface area contributed by atoms with Gasteiger partial charge in [0, 0.05) is 13.1 Å². The van der Waals surface area contributed by atoms with Crippen molar-refractivity contribution >= 4 is 16.8 Å². The summed E-state index contributed by atoms with van der Waals surface area (Å²) >= 11 is 0. The highest BCUT2D eigenvalue weighted by Crippen LogP contribution is 2.38. The third-order valence-corrected chi connectivity index (χ3v) is 4.51. The molecule has 1 unspecified atom stereocenters. The lowest BCUT2D eigenvalue weighted by Gasteiger charge is -2.39. The minimum atomic E-state index is -0.426. The molecule has 2 nitrogen and oxygen atoms in total. The first kappa shape index (κ1) is 11.2. The third-order valence-electron chi connectivity index (χ3n) is 4.51. The highest BCUT2D eigenvalue weighted by Gasteiger charge is 2.36. The fourth-order valence-electron chi connectivity index (χ4n) is 3.51. The van der Waals surface area contributed by atoms with E-state index in [1.165, 1.54) is 34.7 Å². The maximum absolute atomic E-state index is 6.77. The van der Waals surface area contributed by atoms with E-state index >= 15 is 0 Å². The zero-order valence-corrected chi connectivity index (χ0v) is 11.0. The van der Waals surface area contributed by atoms with Crippen LogP contribution in [0.3, 0.4) is 0 Å². The van der Waals surface area contributed by atoms with Crippen LogP contribution in [0.5, 0.6) is 0 Å². The topological polar surface area (TPSA) is 29.3 Å². The molecule has 2 heteroatoms. The number of likely N-dealkylation sites (tertiary alicyclic amines) is 1. The number of rotatable bonds is 1. The Bertz CT molecular complexity index is 663. The van der Waals surface area contributed by atoms with Crippen molar-refractivity contribution < 1.29 is 0 Å². The maximum atomic E-state index is 6.77. The van der Waals surface area contributed by atoms with Gasteiger partial charge in [-0.1, -0.05) is 42.5 Å². The van der Waals surface area contributed by atoms with Crippen molar-refractivity contribution in [3.05, 3.63) is 53.6 Å². The molecule has 4 rings (SSSR count). The van der Waals surface area contributed by atoms with Gasteiger partial charge in [-0.05, 0) is 40.8 Å². The second kappa shape index (κ2) is 3.92. The quantitative estimate of drug-likeness (QED) is 0.842. The largest absolute Gasteiger partial charge is 0.306 e. The van der Waals surface area contributed by atoms with E-state index in [9.17, 15) is 0 Å². The summed E-state index contributed by atoms with van der Waals surface area (Å²) < 4.78 is 0. The van der Waals surface area contributed by atoms with E-state index in [1.807, 2.05) is 0 Å². The van der Waals surface area contributed by atoms with E-state index in [1.54, 1.807) is 0 Å². The molecule has 19 heavy (non-hydrogen) atoms. The lowest BCUT2D eigenvalue weighted by Crippen LogP contribution is -2.51. The molecule has 0 saturated carbocycles. The molecule has 1 aliphatic carbocycles. The number of benzene rings is 2. The molecule has 1 aliphatic heterocycles. The number of nitrogens with zero attached hydrogens (tertiary/aromatic N) is 1. The molecule has 2 aromatic rings. The van der Waals surface area contributed by atoms with Gasteiger partial charge in [0.15, 0.2) is 0 Å². The molecule has 2 aromatic carbocycles. The molecule has 0 radical (unpaired) electrons. The monoisotopic (exact) mass is 250 g/mol. The van der Waals surface area contributed by atoms with Gasteiger partial charge < -0.3 is 5.73 Å². The second-order valence-corrected chi connectivity index (χ2v) is 5.60. The van der Waals surface area contributed by atoms with Gasteiger partial charge in [-0.2, -0.15) is 0 Å². The molecular weight excluding hydrogens is 232 g/mol. The zero-order chi connectivity index (χ0) is 12.9. The number of hydrogen-bond acceptors (Lipinski definition) is 2. The highest BCUT2D eigenvalue weighted by molar-refractivity contribution is 5.96. The van der Waals surface area contributed by atoms with Crippen LogP contribution in [-0.4, -0.2) is 18.0 Å². The van der Waals surface area contributed by atoms with E-state index in [-0.39, 0.29) is 0 Å². The standard InChI is InChI=1S/C17H18N2/c18-17(19-11-1-2-12-19)10-9-14-6-3-5-13-7-4-8-15(17)16(13)14/h3-10H,1-2,11-12,18H2. The molecule has 1 saturated heterocycles. The maximum Gasteiger partial charge on any atom is 0.115 e. The van der Waals surface area contributed by atoms with Crippen LogP contribution in [-0.2, 0) is 5.66 Å². The third kappa shape index (κ3) is 1.50. The molecule has 0 aromatic heterocycles. The molecule has 0 bridgehead atoms. The summed E-state index contributed by atoms with van der Waals surface area (Å²) in [4.78, 5) is 2.41. The fourth-order valence-corrected chi connectivity index (χ4v) is 3.51. The van der Waals surface area contributed by atoms with Crippen LogP contribution >= 0.6 is 0 Å². The normalized spacial score (nSPS) is 26.2. The van der Waals surface area contributed by atoms with Crippen molar-refractivity contribution in [2.75, 3.05) is 13.1 Å². The van der Waals surface area contributed by atoms with E-state index < -0.39 is 5.66 Å². The van der Waals surface area contributed by atoms with Crippen molar-refractivity contribution in [1.29, 1.82) is 0 Å². The first-order valence-electron chi connectivity index (χ1n) is 7.04. The van der Waals surface area contributed by atoms with Crippen LogP contribution in [0.1, 0.15) is 24.0 Å². The summed E-state index contributed by atoms with van der Waals surface area (Å²) in [5.74, 6) is 0. The molecule has 0 amide bonds. The van der Waals surface area contributed by atoms with Crippen LogP contribution in [0.4, 0.5) is 0 Å². The summed E-state index contributed by atoms with van der Waals surface area (Å²) in [5.41, 5.74) is 8.89. The van der Waals surface area contributed by atoms with Gasteiger partial charge in [-0.15, -0.1) is 0 Å². The molecular formula is C17H18N2. The fraction of sp³-hybridized carbons (Fsp3) is 0.294. The lowest BCUT2D eigenvalue weighted by atomic mass is 9.85. The summed E-state index contributed by atoms with van der Waals surface area (Å²) in [5, 5.41) is 2.61. The summed E-state index contributed by atoms with van der Waals surface area (Å²) in [7, 11) is 0. The van der Waals surface area contributed by atoms with Crippen LogP contribution in [0, 0.1) is 0 Å². The van der Waals surface area contributed by atoms with E-state index in [2.05, 4.69) is 53.5 Å². The predicted molar refractivity (Wildman–Crippen MR) is 79.7 cm³/mol. The number of hydrogen-bond donors (Lipinski definition) is 1. The molecule has 2 aliphatic rings. The van der Waals surface area contributed by atoms with E-state index in [4.69, 9.17) is 5.73 Å². The van der Waals surface area contributed by atoms with Crippen molar-refractivity contribution in [2.24, 2.45) is 5.73 Å². The molecule has 96 valence electrons.